The van der Waals surface area contributed by atoms with Crippen molar-refractivity contribution in [3.05, 3.63) is 43.7 Å². The van der Waals surface area contributed by atoms with Gasteiger partial charge in [0.25, 0.3) is 0 Å². The summed E-state index contributed by atoms with van der Waals surface area (Å²) in [5.74, 6) is -0.755. The van der Waals surface area contributed by atoms with Crippen LogP contribution in [0.1, 0.15) is 20.8 Å². The Labute approximate surface area is 153 Å². The molecule has 7 nitrogen and oxygen atoms in total. The molecule has 9 heteroatoms. The smallest absolute Gasteiger partial charge is 0.410 e. The number of H-pyrrole nitrogens is 1. The Morgan fingerprint density at radius 2 is 2.00 bits per heavy atom. The number of benzene rings is 1. The van der Waals surface area contributed by atoms with E-state index in [-0.39, 0.29) is 28.5 Å². The van der Waals surface area contributed by atoms with Gasteiger partial charge in [-0.2, -0.15) is 0 Å². The molecular formula is C17H19ClFN3O4. The second kappa shape index (κ2) is 6.42. The van der Waals surface area contributed by atoms with Gasteiger partial charge in [-0.15, -0.1) is 0 Å². The van der Waals surface area contributed by atoms with E-state index in [1.165, 1.54) is 15.5 Å². The van der Waals surface area contributed by atoms with Gasteiger partial charge in [0.1, 0.15) is 16.9 Å². The van der Waals surface area contributed by atoms with Gasteiger partial charge in [-0.05, 0) is 32.9 Å². The predicted octanol–water partition coefficient (Wildman–Crippen LogP) is 2.35. The van der Waals surface area contributed by atoms with Gasteiger partial charge in [0.15, 0.2) is 0 Å². The molecule has 0 unspecified atom stereocenters. The fraction of sp³-hybridized carbons (Fsp3) is 0.471. The summed E-state index contributed by atoms with van der Waals surface area (Å²) in [6.45, 7) is 6.29. The van der Waals surface area contributed by atoms with Crippen LogP contribution >= 0.6 is 11.6 Å². The maximum atomic E-state index is 14.1. The normalized spacial score (nSPS) is 15.2. The van der Waals surface area contributed by atoms with Crippen LogP contribution in [0.3, 0.4) is 0 Å². The third-order valence-electron chi connectivity index (χ3n) is 4.05. The van der Waals surface area contributed by atoms with Crippen LogP contribution < -0.4 is 11.1 Å². The lowest BCUT2D eigenvalue weighted by Gasteiger charge is -2.40. The Morgan fingerprint density at radius 3 is 2.62 bits per heavy atom. The van der Waals surface area contributed by atoms with E-state index in [2.05, 4.69) is 4.98 Å². The van der Waals surface area contributed by atoms with Crippen molar-refractivity contribution < 1.29 is 13.9 Å². The molecule has 0 aliphatic carbocycles. The summed E-state index contributed by atoms with van der Waals surface area (Å²) in [5.41, 5.74) is -2.12. The highest BCUT2D eigenvalue weighted by Crippen LogP contribution is 2.24. The predicted molar refractivity (Wildman–Crippen MR) is 95.1 cm³/mol. The number of aromatic nitrogens is 2. The molecule has 1 aliphatic rings. The summed E-state index contributed by atoms with van der Waals surface area (Å²) in [5, 5.41) is 0.124. The number of ether oxygens (including phenoxy) is 1. The van der Waals surface area contributed by atoms with Crippen LogP contribution in [0, 0.1) is 11.7 Å². The third-order valence-corrected chi connectivity index (χ3v) is 4.27. The van der Waals surface area contributed by atoms with E-state index in [1.807, 2.05) is 0 Å². The number of amides is 1. The minimum Gasteiger partial charge on any atom is -0.444 e. The highest BCUT2D eigenvalue weighted by atomic mass is 35.5. The van der Waals surface area contributed by atoms with Crippen LogP contribution in [0.2, 0.25) is 5.02 Å². The van der Waals surface area contributed by atoms with Gasteiger partial charge in [0.2, 0.25) is 0 Å². The van der Waals surface area contributed by atoms with Crippen molar-refractivity contribution in [2.75, 3.05) is 13.1 Å². The second-order valence-corrected chi connectivity index (χ2v) is 7.84. The number of aromatic amines is 1. The van der Waals surface area contributed by atoms with Gasteiger partial charge in [0, 0.05) is 30.6 Å². The van der Waals surface area contributed by atoms with Crippen LogP contribution in [0.5, 0.6) is 0 Å². The molecule has 1 aromatic heterocycles. The Morgan fingerprint density at radius 1 is 1.35 bits per heavy atom. The second-order valence-electron chi connectivity index (χ2n) is 7.40. The number of hydrogen-bond acceptors (Lipinski definition) is 4. The quantitative estimate of drug-likeness (QED) is 0.807. The van der Waals surface area contributed by atoms with Gasteiger partial charge in [0.05, 0.1) is 5.52 Å². The first-order valence-electron chi connectivity index (χ1n) is 8.15. The van der Waals surface area contributed by atoms with Crippen LogP contribution in [-0.2, 0) is 11.3 Å². The number of likely N-dealkylation sites (tertiary alicyclic amines) is 1. The molecule has 1 amide bonds. The number of nitrogens with zero attached hydrogens (tertiary/aromatic N) is 2. The monoisotopic (exact) mass is 383 g/mol. The number of carbonyl (C=O) groups is 1. The number of nitrogens with one attached hydrogen (secondary N) is 1. The van der Waals surface area contributed by atoms with Gasteiger partial charge in [-0.3, -0.25) is 9.59 Å². The molecular weight excluding hydrogens is 365 g/mol. The van der Waals surface area contributed by atoms with E-state index < -0.39 is 28.6 Å². The highest BCUT2D eigenvalue weighted by Gasteiger charge is 2.34. The largest absolute Gasteiger partial charge is 0.444 e. The zero-order valence-electron chi connectivity index (χ0n) is 14.6. The maximum absolute atomic E-state index is 14.1. The summed E-state index contributed by atoms with van der Waals surface area (Å²) < 4.78 is 20.5. The van der Waals surface area contributed by atoms with E-state index in [0.29, 0.717) is 13.1 Å². The Hall–Kier alpha value is -2.35. The van der Waals surface area contributed by atoms with Gasteiger partial charge < -0.3 is 19.2 Å². The van der Waals surface area contributed by atoms with Crippen LogP contribution in [0.4, 0.5) is 9.18 Å². The van der Waals surface area contributed by atoms with Crippen LogP contribution in [-0.4, -0.2) is 39.2 Å². The topological polar surface area (TPSA) is 84.4 Å². The summed E-state index contributed by atoms with van der Waals surface area (Å²) in [6, 6.07) is 2.50. The highest BCUT2D eigenvalue weighted by molar-refractivity contribution is 6.31. The van der Waals surface area contributed by atoms with E-state index in [4.69, 9.17) is 16.3 Å². The van der Waals surface area contributed by atoms with Crippen molar-refractivity contribution in [2.45, 2.75) is 32.9 Å². The first-order valence-corrected chi connectivity index (χ1v) is 8.53. The van der Waals surface area contributed by atoms with Crippen molar-refractivity contribution >= 4 is 28.7 Å². The minimum absolute atomic E-state index is 0.0488. The van der Waals surface area contributed by atoms with E-state index >= 15 is 0 Å². The molecule has 0 radical (unpaired) electrons. The van der Waals surface area contributed by atoms with E-state index in [9.17, 15) is 18.8 Å². The number of rotatable bonds is 2. The maximum Gasteiger partial charge on any atom is 0.410 e. The molecule has 2 heterocycles. The average Bonchev–Trinajstić information content (AvgIpc) is 2.45. The average molecular weight is 384 g/mol. The number of fused-ring (bicyclic) bond motifs is 1. The number of carbonyl (C=O) groups excluding carboxylic acids is 1. The number of hydrogen-bond donors (Lipinski definition) is 1. The summed E-state index contributed by atoms with van der Waals surface area (Å²) in [6.07, 6.45) is -0.425. The molecule has 0 atom stereocenters. The van der Waals surface area contributed by atoms with Crippen molar-refractivity contribution in [1.29, 1.82) is 0 Å². The SMILES string of the molecule is CC(C)(C)OC(=O)N1CC(Cn2c(=O)c(=O)[nH]c3c(F)cc(Cl)cc32)C1. The third kappa shape index (κ3) is 3.60. The van der Waals surface area contributed by atoms with Crippen LogP contribution in [0.25, 0.3) is 11.0 Å². The zero-order valence-corrected chi connectivity index (χ0v) is 15.4. The molecule has 1 fully saturated rings. The zero-order chi connectivity index (χ0) is 19.2. The number of halogens is 2. The van der Waals surface area contributed by atoms with Gasteiger partial charge >= 0.3 is 17.2 Å². The van der Waals surface area contributed by atoms with Crippen molar-refractivity contribution in [2.24, 2.45) is 5.92 Å². The molecule has 2 aromatic rings. The first kappa shape index (κ1) is 18.4. The lowest BCUT2D eigenvalue weighted by atomic mass is 10.0. The Kier molecular flexibility index (Phi) is 4.56. The summed E-state index contributed by atoms with van der Waals surface area (Å²) in [4.78, 5) is 39.8. The molecule has 0 saturated carbocycles. The molecule has 1 aromatic carbocycles. The molecule has 140 valence electrons. The van der Waals surface area contributed by atoms with E-state index in [0.717, 1.165) is 6.07 Å². The standard InChI is InChI=1S/C17H19ClFN3O4/c1-17(2,3)26-16(25)21-6-9(7-21)8-22-12-5-10(18)4-11(19)13(12)20-14(23)15(22)24/h4-5,9H,6-8H2,1-3H3,(H,20,23). The molecule has 1 saturated heterocycles. The Balaban J connectivity index is 1.83. The fourth-order valence-electron chi connectivity index (χ4n) is 2.90. The van der Waals surface area contributed by atoms with Crippen molar-refractivity contribution in [1.82, 2.24) is 14.5 Å². The van der Waals surface area contributed by atoms with Gasteiger partial charge in [-0.25, -0.2) is 9.18 Å². The van der Waals surface area contributed by atoms with Gasteiger partial charge in [-0.1, -0.05) is 11.6 Å². The van der Waals surface area contributed by atoms with Crippen molar-refractivity contribution in [3.63, 3.8) is 0 Å². The Bertz CT molecular complexity index is 986. The summed E-state index contributed by atoms with van der Waals surface area (Å²) in [7, 11) is 0. The summed E-state index contributed by atoms with van der Waals surface area (Å²) >= 11 is 5.88. The lowest BCUT2D eigenvalue weighted by molar-refractivity contribution is -0.00330. The minimum atomic E-state index is -0.901. The molecule has 0 spiro atoms. The first-order chi connectivity index (χ1) is 12.0. The fourth-order valence-corrected chi connectivity index (χ4v) is 3.10. The van der Waals surface area contributed by atoms with Crippen LogP contribution in [0.15, 0.2) is 21.7 Å². The van der Waals surface area contributed by atoms with E-state index in [1.54, 1.807) is 20.8 Å². The molecule has 1 N–H and O–H groups in total. The van der Waals surface area contributed by atoms with Crippen molar-refractivity contribution in [3.8, 4) is 0 Å². The molecule has 26 heavy (non-hydrogen) atoms. The molecule has 1 aliphatic heterocycles. The lowest BCUT2D eigenvalue weighted by Crippen LogP contribution is -2.54. The molecule has 3 rings (SSSR count). The molecule has 0 bridgehead atoms.